The van der Waals surface area contributed by atoms with Crippen LogP contribution in [0.1, 0.15) is 64.7 Å². The van der Waals surface area contributed by atoms with Gasteiger partial charge in [-0.3, -0.25) is 9.59 Å². The van der Waals surface area contributed by atoms with Crippen molar-refractivity contribution in [3.05, 3.63) is 0 Å². The fourth-order valence-electron chi connectivity index (χ4n) is 3.59. The van der Waals surface area contributed by atoms with E-state index in [1.807, 2.05) is 6.92 Å². The molecule has 2 aliphatic rings. The number of carbonyl (C=O) groups excluding carboxylic acids is 2. The minimum absolute atomic E-state index is 0.00813. The normalized spacial score (nSPS) is 28.1. The number of ether oxygens (including phenoxy) is 1. The Hall–Kier alpha value is -1.10. The standard InChI is InChI=1S/C16H28N2O3/c1-2-21-15(20)12-5-7-13(8-6-12)18-14(19)11-16(17)9-3-4-10-16/h12-13H,2-11,17H2,1H3,(H,18,19). The van der Waals surface area contributed by atoms with Crippen molar-refractivity contribution in [3.8, 4) is 0 Å². The zero-order chi connectivity index (χ0) is 15.3. The third kappa shape index (κ3) is 4.70. The molecule has 2 fully saturated rings. The van der Waals surface area contributed by atoms with Gasteiger partial charge in [-0.15, -0.1) is 0 Å². The Bertz CT molecular complexity index is 370. The van der Waals surface area contributed by atoms with Gasteiger partial charge < -0.3 is 15.8 Å². The molecule has 0 atom stereocenters. The molecule has 0 aliphatic heterocycles. The SMILES string of the molecule is CCOC(=O)C1CCC(NC(=O)CC2(N)CCCC2)CC1. The molecule has 2 saturated carbocycles. The molecule has 0 aromatic carbocycles. The zero-order valence-corrected chi connectivity index (χ0v) is 13.0. The number of hydrogen-bond acceptors (Lipinski definition) is 4. The van der Waals surface area contributed by atoms with Crippen LogP contribution in [0, 0.1) is 5.92 Å². The van der Waals surface area contributed by atoms with E-state index in [-0.39, 0.29) is 29.4 Å². The second-order valence-electron chi connectivity index (χ2n) is 6.61. The van der Waals surface area contributed by atoms with E-state index in [2.05, 4.69) is 5.32 Å². The highest BCUT2D eigenvalue weighted by Crippen LogP contribution is 2.30. The van der Waals surface area contributed by atoms with Crippen molar-refractivity contribution in [3.63, 3.8) is 0 Å². The molecular formula is C16H28N2O3. The molecular weight excluding hydrogens is 268 g/mol. The van der Waals surface area contributed by atoms with E-state index in [1.165, 1.54) is 0 Å². The van der Waals surface area contributed by atoms with Gasteiger partial charge >= 0.3 is 5.97 Å². The molecule has 21 heavy (non-hydrogen) atoms. The van der Waals surface area contributed by atoms with Crippen molar-refractivity contribution in [1.82, 2.24) is 5.32 Å². The number of nitrogens with one attached hydrogen (secondary N) is 1. The van der Waals surface area contributed by atoms with Crippen LogP contribution in [-0.2, 0) is 14.3 Å². The van der Waals surface area contributed by atoms with E-state index < -0.39 is 0 Å². The number of esters is 1. The summed E-state index contributed by atoms with van der Waals surface area (Å²) in [6, 6.07) is 0.188. The van der Waals surface area contributed by atoms with Gasteiger partial charge in [0, 0.05) is 18.0 Å². The van der Waals surface area contributed by atoms with Gasteiger partial charge in [-0.1, -0.05) is 12.8 Å². The van der Waals surface area contributed by atoms with Gasteiger partial charge in [-0.05, 0) is 45.4 Å². The maximum atomic E-state index is 12.1. The van der Waals surface area contributed by atoms with Crippen LogP contribution in [0.2, 0.25) is 0 Å². The molecule has 0 aromatic rings. The summed E-state index contributed by atoms with van der Waals surface area (Å²) in [5.41, 5.74) is 5.95. The lowest BCUT2D eigenvalue weighted by molar-refractivity contribution is -0.149. The summed E-state index contributed by atoms with van der Waals surface area (Å²) in [4.78, 5) is 23.8. The van der Waals surface area contributed by atoms with Crippen LogP contribution in [0.3, 0.4) is 0 Å². The van der Waals surface area contributed by atoms with Gasteiger partial charge in [0.05, 0.1) is 12.5 Å². The maximum absolute atomic E-state index is 12.1. The Balaban J connectivity index is 1.70. The second kappa shape index (κ2) is 7.25. The van der Waals surface area contributed by atoms with Crippen LogP contribution < -0.4 is 11.1 Å². The lowest BCUT2D eigenvalue weighted by Gasteiger charge is -2.29. The summed E-state index contributed by atoms with van der Waals surface area (Å²) < 4.78 is 5.06. The van der Waals surface area contributed by atoms with E-state index >= 15 is 0 Å². The monoisotopic (exact) mass is 296 g/mol. The maximum Gasteiger partial charge on any atom is 0.308 e. The third-order valence-electron chi connectivity index (χ3n) is 4.82. The first-order chi connectivity index (χ1) is 10.0. The Morgan fingerprint density at radius 1 is 1.19 bits per heavy atom. The molecule has 0 aromatic heterocycles. The van der Waals surface area contributed by atoms with E-state index in [4.69, 9.17) is 10.5 Å². The summed E-state index contributed by atoms with van der Waals surface area (Å²) >= 11 is 0. The molecule has 5 heteroatoms. The van der Waals surface area contributed by atoms with Crippen LogP contribution in [0.15, 0.2) is 0 Å². The number of nitrogens with two attached hydrogens (primary N) is 1. The molecule has 2 aliphatic carbocycles. The lowest BCUT2D eigenvalue weighted by atomic mass is 9.85. The zero-order valence-electron chi connectivity index (χ0n) is 13.0. The Labute approximate surface area is 127 Å². The van der Waals surface area contributed by atoms with Gasteiger partial charge in [0.25, 0.3) is 0 Å². The van der Waals surface area contributed by atoms with Gasteiger partial charge in [0.1, 0.15) is 0 Å². The molecule has 0 heterocycles. The first kappa shape index (κ1) is 16.3. The van der Waals surface area contributed by atoms with Gasteiger partial charge in [0.2, 0.25) is 5.91 Å². The summed E-state index contributed by atoms with van der Waals surface area (Å²) in [6.45, 7) is 2.27. The summed E-state index contributed by atoms with van der Waals surface area (Å²) in [5.74, 6) is -0.0121. The highest BCUT2D eigenvalue weighted by molar-refractivity contribution is 5.77. The van der Waals surface area contributed by atoms with Crippen molar-refractivity contribution < 1.29 is 14.3 Å². The predicted molar refractivity (Wildman–Crippen MR) is 80.5 cm³/mol. The topological polar surface area (TPSA) is 81.4 Å². The quantitative estimate of drug-likeness (QED) is 0.759. The molecule has 1 amide bonds. The highest BCUT2D eigenvalue weighted by Gasteiger charge is 2.33. The van der Waals surface area contributed by atoms with Gasteiger partial charge in [-0.2, -0.15) is 0 Å². The number of rotatable bonds is 5. The molecule has 2 rings (SSSR count). The Morgan fingerprint density at radius 3 is 2.38 bits per heavy atom. The summed E-state index contributed by atoms with van der Waals surface area (Å²) in [6.07, 6.45) is 7.92. The van der Waals surface area contributed by atoms with Gasteiger partial charge in [0.15, 0.2) is 0 Å². The van der Waals surface area contributed by atoms with Crippen molar-refractivity contribution in [2.24, 2.45) is 11.7 Å². The Kier molecular flexibility index (Phi) is 5.62. The first-order valence-corrected chi connectivity index (χ1v) is 8.27. The minimum Gasteiger partial charge on any atom is -0.466 e. The average Bonchev–Trinajstić information content (AvgIpc) is 2.86. The van der Waals surface area contributed by atoms with Gasteiger partial charge in [-0.25, -0.2) is 0 Å². The first-order valence-electron chi connectivity index (χ1n) is 8.27. The van der Waals surface area contributed by atoms with E-state index in [1.54, 1.807) is 0 Å². The van der Waals surface area contributed by atoms with Crippen molar-refractivity contribution in [2.75, 3.05) is 6.61 Å². The average molecular weight is 296 g/mol. The van der Waals surface area contributed by atoms with Crippen molar-refractivity contribution >= 4 is 11.9 Å². The molecule has 3 N–H and O–H groups in total. The van der Waals surface area contributed by atoms with E-state index in [9.17, 15) is 9.59 Å². The lowest BCUT2D eigenvalue weighted by Crippen LogP contribution is -2.45. The molecule has 5 nitrogen and oxygen atoms in total. The number of amides is 1. The number of carbonyl (C=O) groups is 2. The number of hydrogen-bond donors (Lipinski definition) is 2. The minimum atomic E-state index is -0.285. The second-order valence-corrected chi connectivity index (χ2v) is 6.61. The third-order valence-corrected chi connectivity index (χ3v) is 4.82. The van der Waals surface area contributed by atoms with Crippen LogP contribution >= 0.6 is 0 Å². The summed E-state index contributed by atoms with van der Waals surface area (Å²) in [5, 5.41) is 3.09. The molecule has 0 bridgehead atoms. The molecule has 0 spiro atoms. The van der Waals surface area contributed by atoms with Crippen LogP contribution in [0.4, 0.5) is 0 Å². The Morgan fingerprint density at radius 2 is 1.81 bits per heavy atom. The van der Waals surface area contributed by atoms with Crippen LogP contribution in [-0.4, -0.2) is 30.1 Å². The fraction of sp³-hybridized carbons (Fsp3) is 0.875. The molecule has 120 valence electrons. The van der Waals surface area contributed by atoms with Crippen LogP contribution in [0.25, 0.3) is 0 Å². The highest BCUT2D eigenvalue weighted by atomic mass is 16.5. The van der Waals surface area contributed by atoms with Crippen LogP contribution in [0.5, 0.6) is 0 Å². The predicted octanol–water partition coefficient (Wildman–Crippen LogP) is 1.89. The van der Waals surface area contributed by atoms with Crippen molar-refractivity contribution in [1.29, 1.82) is 0 Å². The molecule has 0 unspecified atom stereocenters. The fourth-order valence-corrected chi connectivity index (χ4v) is 3.59. The smallest absolute Gasteiger partial charge is 0.308 e. The van der Waals surface area contributed by atoms with E-state index in [0.717, 1.165) is 51.4 Å². The van der Waals surface area contributed by atoms with Crippen molar-refractivity contribution in [2.45, 2.75) is 76.3 Å². The largest absolute Gasteiger partial charge is 0.466 e. The molecule has 0 radical (unpaired) electrons. The van der Waals surface area contributed by atoms with E-state index in [0.29, 0.717) is 13.0 Å². The summed E-state index contributed by atoms with van der Waals surface area (Å²) in [7, 11) is 0. The molecule has 0 saturated heterocycles.